The number of phenolic OH excluding ortho intramolecular Hbond substituents is 1. The lowest BCUT2D eigenvalue weighted by Gasteiger charge is -2.18. The average Bonchev–Trinajstić information content (AvgIpc) is 3.69. The maximum Gasteiger partial charge on any atom is 0.416 e. The first-order valence-electron chi connectivity index (χ1n) is 14.7. The van der Waals surface area contributed by atoms with Gasteiger partial charge in [0.25, 0.3) is 0 Å². The van der Waals surface area contributed by atoms with E-state index in [-0.39, 0.29) is 12.3 Å². The third kappa shape index (κ3) is 6.99. The van der Waals surface area contributed by atoms with Crippen molar-refractivity contribution in [2.45, 2.75) is 41.1 Å². The number of anilines is 1. The van der Waals surface area contributed by atoms with Crippen molar-refractivity contribution >= 4 is 41.0 Å². The third-order valence-electron chi connectivity index (χ3n) is 7.68. The van der Waals surface area contributed by atoms with Crippen LogP contribution in [0.5, 0.6) is 5.75 Å². The van der Waals surface area contributed by atoms with Crippen LogP contribution < -0.4 is 10.6 Å². The van der Waals surface area contributed by atoms with Gasteiger partial charge >= 0.3 is 12.2 Å². The van der Waals surface area contributed by atoms with E-state index in [1.807, 2.05) is 73.2 Å². The van der Waals surface area contributed by atoms with Crippen LogP contribution in [0.15, 0.2) is 107 Å². The van der Waals surface area contributed by atoms with Crippen molar-refractivity contribution in [1.82, 2.24) is 29.7 Å². The number of urea groups is 1. The molecule has 9 nitrogen and oxygen atoms in total. The number of nitrogens with one attached hydrogen (secondary N) is 2. The fourth-order valence-corrected chi connectivity index (χ4v) is 6.12. The molecule has 0 aliphatic heterocycles. The molecule has 6 aromatic rings. The molecule has 0 radical (unpaired) electrons. The van der Waals surface area contributed by atoms with Gasteiger partial charge in [-0.2, -0.15) is 30.0 Å². The molecule has 3 aromatic carbocycles. The molecular weight excluding hydrogens is 660 g/mol. The summed E-state index contributed by atoms with van der Waals surface area (Å²) in [5, 5.41) is 29.2. The van der Waals surface area contributed by atoms with Gasteiger partial charge in [-0.3, -0.25) is 9.72 Å². The molecule has 6 rings (SSSR count). The van der Waals surface area contributed by atoms with Crippen LogP contribution in [0.4, 0.5) is 23.8 Å². The minimum absolute atomic E-state index is 0.103. The van der Waals surface area contributed by atoms with Crippen LogP contribution >= 0.6 is 23.5 Å². The number of halogens is 3. The summed E-state index contributed by atoms with van der Waals surface area (Å²) < 4.78 is 42.4. The standard InChI is InChI=1S/C34H30F3N7O2S2/c1-33(2,47-3)28-18-30(44(42-28)23-14-12-22(13-15-23)34(35,36)37)39-32(46)38-19-21-8-4-7-11-27(21)48-24-16-17-29-40-41-31(43(29)20-24)25-9-5-6-10-26(25)45/h4-18,20,45H,19H2,1-3H3,(H2,38,39,46). The van der Waals surface area contributed by atoms with E-state index in [4.69, 9.17) is 0 Å². The molecule has 0 atom stereocenters. The highest BCUT2D eigenvalue weighted by molar-refractivity contribution is 7.99. The SMILES string of the molecule is CSC(C)(C)c1cc(NC(=O)NCc2ccccc2Sc2ccc3nnc(-c4ccccc4O)n3c2)n(-c2ccc(C(F)(F)F)cc2)n1. The zero-order valence-corrected chi connectivity index (χ0v) is 27.6. The summed E-state index contributed by atoms with van der Waals surface area (Å²) in [4.78, 5) is 15.0. The van der Waals surface area contributed by atoms with Gasteiger partial charge < -0.3 is 10.4 Å². The number of pyridine rings is 1. The Labute approximate surface area is 282 Å². The molecule has 0 bridgehead atoms. The van der Waals surface area contributed by atoms with Gasteiger partial charge in [0.2, 0.25) is 0 Å². The maximum atomic E-state index is 13.2. The summed E-state index contributed by atoms with van der Waals surface area (Å²) in [5.41, 5.74) is 2.31. The molecule has 0 saturated heterocycles. The number of alkyl halides is 3. The normalized spacial score (nSPS) is 12.0. The molecule has 2 amide bonds. The lowest BCUT2D eigenvalue weighted by molar-refractivity contribution is -0.137. The summed E-state index contributed by atoms with van der Waals surface area (Å²) >= 11 is 3.06. The Kier molecular flexibility index (Phi) is 9.12. The summed E-state index contributed by atoms with van der Waals surface area (Å²) in [6.45, 7) is 4.15. The Morgan fingerprint density at radius 3 is 2.40 bits per heavy atom. The van der Waals surface area contributed by atoms with Crippen molar-refractivity contribution in [3.63, 3.8) is 0 Å². The quantitative estimate of drug-likeness (QED) is 0.140. The van der Waals surface area contributed by atoms with E-state index in [1.54, 1.807) is 36.0 Å². The Hall–Kier alpha value is -4.95. The first kappa shape index (κ1) is 33.0. The minimum atomic E-state index is -4.47. The van der Waals surface area contributed by atoms with Crippen molar-refractivity contribution < 1.29 is 23.1 Å². The maximum absolute atomic E-state index is 13.2. The molecule has 0 saturated carbocycles. The summed E-state index contributed by atoms with van der Waals surface area (Å²) in [7, 11) is 0. The molecule has 3 N–H and O–H groups in total. The number of aromatic hydroxyl groups is 1. The molecule has 246 valence electrons. The number of amides is 2. The van der Waals surface area contributed by atoms with E-state index in [9.17, 15) is 23.1 Å². The minimum Gasteiger partial charge on any atom is -0.507 e. The Bertz CT molecular complexity index is 2090. The second-order valence-corrected chi connectivity index (χ2v) is 13.8. The van der Waals surface area contributed by atoms with E-state index in [0.717, 1.165) is 27.5 Å². The van der Waals surface area contributed by atoms with Crippen molar-refractivity contribution in [3.05, 3.63) is 114 Å². The third-order valence-corrected chi connectivity index (χ3v) is 10.0. The smallest absolute Gasteiger partial charge is 0.416 e. The largest absolute Gasteiger partial charge is 0.507 e. The Morgan fingerprint density at radius 2 is 1.67 bits per heavy atom. The van der Waals surface area contributed by atoms with Gasteiger partial charge in [0.05, 0.1) is 27.3 Å². The van der Waals surface area contributed by atoms with Crippen LogP contribution in [0.1, 0.15) is 30.7 Å². The van der Waals surface area contributed by atoms with Gasteiger partial charge in [-0.25, -0.2) is 9.48 Å². The lowest BCUT2D eigenvalue weighted by atomic mass is 10.1. The average molecular weight is 690 g/mol. The molecular formula is C34H30F3N7O2S2. The number of nitrogens with zero attached hydrogens (tertiary/aromatic N) is 5. The molecule has 3 aromatic heterocycles. The fraction of sp³-hybridized carbons (Fsp3) is 0.176. The number of hydrogen-bond acceptors (Lipinski definition) is 7. The number of carbonyl (C=O) groups excluding carboxylic acids is 1. The van der Waals surface area contributed by atoms with Gasteiger partial charge in [-0.05, 0) is 80.3 Å². The monoisotopic (exact) mass is 689 g/mol. The number of aromatic nitrogens is 5. The summed E-state index contributed by atoms with van der Waals surface area (Å²) in [6.07, 6.45) is -0.638. The van der Waals surface area contributed by atoms with E-state index in [0.29, 0.717) is 34.2 Å². The summed E-state index contributed by atoms with van der Waals surface area (Å²) in [5.74, 6) is 0.928. The molecule has 48 heavy (non-hydrogen) atoms. The van der Waals surface area contributed by atoms with Gasteiger partial charge in [0, 0.05) is 28.6 Å². The highest BCUT2D eigenvalue weighted by Gasteiger charge is 2.30. The Balaban J connectivity index is 1.20. The zero-order valence-electron chi connectivity index (χ0n) is 26.0. The second kappa shape index (κ2) is 13.3. The van der Waals surface area contributed by atoms with Crippen LogP contribution in [-0.4, -0.2) is 41.8 Å². The fourth-order valence-electron chi connectivity index (χ4n) is 4.85. The van der Waals surface area contributed by atoms with Crippen LogP contribution in [0.25, 0.3) is 22.7 Å². The molecule has 0 aliphatic carbocycles. The van der Waals surface area contributed by atoms with Gasteiger partial charge in [-0.15, -0.1) is 10.2 Å². The molecule has 14 heteroatoms. The molecule has 3 heterocycles. The van der Waals surface area contributed by atoms with Crippen LogP contribution in [-0.2, 0) is 17.5 Å². The van der Waals surface area contributed by atoms with E-state index < -0.39 is 22.5 Å². The number of fused-ring (bicyclic) bond motifs is 1. The molecule has 0 unspecified atom stereocenters. The highest BCUT2D eigenvalue weighted by atomic mass is 32.2. The first-order chi connectivity index (χ1) is 22.9. The number of para-hydroxylation sites is 1. The van der Waals surface area contributed by atoms with Crippen molar-refractivity contribution in [2.24, 2.45) is 0 Å². The lowest BCUT2D eigenvalue weighted by Crippen LogP contribution is -2.29. The molecule has 0 spiro atoms. The molecule has 0 aliphatic rings. The number of carbonyl (C=O) groups is 1. The number of benzene rings is 3. The van der Waals surface area contributed by atoms with Gasteiger partial charge in [0.1, 0.15) is 11.6 Å². The van der Waals surface area contributed by atoms with E-state index >= 15 is 0 Å². The Morgan fingerprint density at radius 1 is 0.938 bits per heavy atom. The van der Waals surface area contributed by atoms with Crippen molar-refractivity contribution in [2.75, 3.05) is 11.6 Å². The first-order valence-corrected chi connectivity index (χ1v) is 16.7. The van der Waals surface area contributed by atoms with Gasteiger partial charge in [-0.1, -0.05) is 42.1 Å². The summed E-state index contributed by atoms with van der Waals surface area (Å²) in [6, 6.07) is 24.2. The predicted molar refractivity (Wildman–Crippen MR) is 182 cm³/mol. The van der Waals surface area contributed by atoms with Crippen molar-refractivity contribution in [1.29, 1.82) is 0 Å². The number of rotatable bonds is 9. The van der Waals surface area contributed by atoms with Crippen LogP contribution in [0.3, 0.4) is 0 Å². The van der Waals surface area contributed by atoms with E-state index in [2.05, 4.69) is 25.9 Å². The molecule has 0 fully saturated rings. The number of hydrogen-bond donors (Lipinski definition) is 3. The van der Waals surface area contributed by atoms with E-state index in [1.165, 1.54) is 28.6 Å². The number of thioether (sulfide) groups is 1. The van der Waals surface area contributed by atoms with Gasteiger partial charge in [0.15, 0.2) is 11.5 Å². The topological polar surface area (TPSA) is 109 Å². The van der Waals surface area contributed by atoms with Crippen LogP contribution in [0, 0.1) is 0 Å². The second-order valence-electron chi connectivity index (χ2n) is 11.2. The number of phenols is 1. The highest BCUT2D eigenvalue weighted by Crippen LogP contribution is 2.36. The van der Waals surface area contributed by atoms with Crippen molar-refractivity contribution in [3.8, 4) is 22.8 Å². The van der Waals surface area contributed by atoms with Crippen LogP contribution in [0.2, 0.25) is 0 Å². The zero-order chi connectivity index (χ0) is 34.1. The predicted octanol–water partition coefficient (Wildman–Crippen LogP) is 8.38.